The molecule has 7 rings (SSSR count). The number of benzene rings is 1. The molecule has 2 heterocycles. The van der Waals surface area contributed by atoms with Crippen molar-refractivity contribution in [3.8, 4) is 11.5 Å². The van der Waals surface area contributed by atoms with Gasteiger partial charge in [0.1, 0.15) is 11.7 Å². The van der Waals surface area contributed by atoms with Gasteiger partial charge in [-0.3, -0.25) is 0 Å². The van der Waals surface area contributed by atoms with E-state index in [1.807, 2.05) is 6.92 Å². The SMILES string of the molecule is CO[C@]12CC[C@@]3(C[C@@H]1[C@@](C)(O)C(C)(C)C)C1Cc4ccc(O)c5c4C3(CCN1)C2O5.S. The highest BCUT2D eigenvalue weighted by Crippen LogP contribution is 2.77. The molecule has 5 nitrogen and oxygen atoms in total. The Morgan fingerprint density at radius 3 is 2.58 bits per heavy atom. The summed E-state index contributed by atoms with van der Waals surface area (Å²) in [6, 6.07) is 4.26. The molecule has 3 saturated carbocycles. The minimum absolute atomic E-state index is 0. The third-order valence-electron chi connectivity index (χ3n) is 10.4. The molecule has 172 valence electrons. The van der Waals surface area contributed by atoms with Crippen molar-refractivity contribution in [3.63, 3.8) is 0 Å². The fourth-order valence-corrected chi connectivity index (χ4v) is 8.53. The number of rotatable bonds is 2. The lowest BCUT2D eigenvalue weighted by Gasteiger charge is -2.74. The molecular weight excluding hydrogens is 410 g/mol. The number of nitrogens with one attached hydrogen (secondary N) is 1. The molecule has 1 saturated heterocycles. The molecule has 0 aromatic heterocycles. The first-order valence-corrected chi connectivity index (χ1v) is 11.6. The van der Waals surface area contributed by atoms with Crippen LogP contribution in [0.3, 0.4) is 0 Å². The zero-order chi connectivity index (χ0) is 21.3. The molecular formula is C25H37NO4S. The van der Waals surface area contributed by atoms with Gasteiger partial charge in [0.2, 0.25) is 0 Å². The van der Waals surface area contributed by atoms with E-state index in [2.05, 4.69) is 32.2 Å². The highest BCUT2D eigenvalue weighted by atomic mass is 32.1. The third kappa shape index (κ3) is 2.12. The van der Waals surface area contributed by atoms with E-state index in [9.17, 15) is 10.2 Å². The molecule has 2 aliphatic heterocycles. The molecule has 4 aliphatic carbocycles. The van der Waals surface area contributed by atoms with Gasteiger partial charge in [-0.2, -0.15) is 13.5 Å². The molecule has 3 unspecified atom stereocenters. The van der Waals surface area contributed by atoms with E-state index in [-0.39, 0.29) is 47.5 Å². The van der Waals surface area contributed by atoms with E-state index in [0.717, 1.165) is 38.6 Å². The van der Waals surface area contributed by atoms with Crippen molar-refractivity contribution in [2.24, 2.45) is 16.7 Å². The van der Waals surface area contributed by atoms with E-state index in [1.54, 1.807) is 13.2 Å². The molecule has 6 heteroatoms. The second-order valence-electron chi connectivity index (χ2n) is 11.8. The Balaban J connectivity index is 0.00000204. The predicted molar refractivity (Wildman–Crippen MR) is 124 cm³/mol. The van der Waals surface area contributed by atoms with Crippen molar-refractivity contribution in [1.29, 1.82) is 0 Å². The average molecular weight is 448 g/mol. The van der Waals surface area contributed by atoms with Crippen LogP contribution in [0.25, 0.3) is 0 Å². The number of phenols is 1. The maximum absolute atomic E-state index is 12.0. The van der Waals surface area contributed by atoms with Gasteiger partial charge in [0.05, 0.1) is 5.60 Å². The molecule has 6 aliphatic rings. The first-order chi connectivity index (χ1) is 14.1. The molecule has 1 aromatic carbocycles. The topological polar surface area (TPSA) is 71.0 Å². The highest BCUT2D eigenvalue weighted by molar-refractivity contribution is 7.59. The summed E-state index contributed by atoms with van der Waals surface area (Å²) < 4.78 is 13.2. The monoisotopic (exact) mass is 447 g/mol. The van der Waals surface area contributed by atoms with E-state index in [1.165, 1.54) is 11.1 Å². The molecule has 0 amide bonds. The van der Waals surface area contributed by atoms with Crippen LogP contribution in [0, 0.1) is 16.7 Å². The molecule has 0 radical (unpaired) electrons. The van der Waals surface area contributed by atoms with Gasteiger partial charge in [-0.05, 0) is 62.6 Å². The van der Waals surface area contributed by atoms with Gasteiger partial charge in [-0.15, -0.1) is 0 Å². The molecule has 7 atom stereocenters. The summed E-state index contributed by atoms with van der Waals surface area (Å²) in [5, 5.41) is 26.6. The second kappa shape index (κ2) is 6.13. The van der Waals surface area contributed by atoms with Gasteiger partial charge in [0.15, 0.2) is 11.5 Å². The van der Waals surface area contributed by atoms with Crippen molar-refractivity contribution in [3.05, 3.63) is 23.3 Å². The quantitative estimate of drug-likeness (QED) is 0.648. The predicted octanol–water partition coefficient (Wildman–Crippen LogP) is 3.40. The van der Waals surface area contributed by atoms with Crippen LogP contribution in [0.5, 0.6) is 11.5 Å². The number of fused-ring (bicyclic) bond motifs is 2. The molecule has 4 bridgehead atoms. The van der Waals surface area contributed by atoms with Crippen molar-refractivity contribution in [2.45, 2.75) is 88.6 Å². The highest BCUT2D eigenvalue weighted by Gasteiger charge is 2.81. The lowest BCUT2D eigenvalue weighted by molar-refractivity contribution is -0.303. The number of hydrogen-bond acceptors (Lipinski definition) is 5. The lowest BCUT2D eigenvalue weighted by atomic mass is 9.33. The maximum Gasteiger partial charge on any atom is 0.165 e. The largest absolute Gasteiger partial charge is 0.504 e. The molecule has 3 N–H and O–H groups in total. The number of methoxy groups -OCH3 is 1. The Labute approximate surface area is 192 Å². The Bertz CT molecular complexity index is 942. The Morgan fingerprint density at radius 1 is 1.16 bits per heavy atom. The fourth-order valence-electron chi connectivity index (χ4n) is 8.53. The summed E-state index contributed by atoms with van der Waals surface area (Å²) in [7, 11) is 1.80. The number of aliphatic hydroxyl groups is 1. The Morgan fingerprint density at radius 2 is 1.90 bits per heavy atom. The van der Waals surface area contributed by atoms with Crippen LogP contribution in [-0.4, -0.2) is 47.2 Å². The molecule has 31 heavy (non-hydrogen) atoms. The molecule has 1 aromatic rings. The number of aromatic hydroxyl groups is 1. The zero-order valence-electron chi connectivity index (χ0n) is 19.3. The van der Waals surface area contributed by atoms with Crippen molar-refractivity contribution in [1.82, 2.24) is 5.32 Å². The van der Waals surface area contributed by atoms with Gasteiger partial charge in [0.25, 0.3) is 0 Å². The Hall–Kier alpha value is -0.950. The molecule has 2 spiro atoms. The van der Waals surface area contributed by atoms with Crippen LogP contribution in [0.4, 0.5) is 0 Å². The van der Waals surface area contributed by atoms with E-state index in [4.69, 9.17) is 9.47 Å². The number of piperidine rings is 1. The van der Waals surface area contributed by atoms with Crippen molar-refractivity contribution in [2.75, 3.05) is 13.7 Å². The van der Waals surface area contributed by atoms with Crippen LogP contribution >= 0.6 is 13.5 Å². The first kappa shape index (κ1) is 21.9. The van der Waals surface area contributed by atoms with E-state index in [0.29, 0.717) is 11.8 Å². The smallest absolute Gasteiger partial charge is 0.165 e. The minimum Gasteiger partial charge on any atom is -0.504 e. The number of ether oxygens (including phenoxy) is 2. The summed E-state index contributed by atoms with van der Waals surface area (Å²) >= 11 is 0. The normalized spacial score (nSPS) is 43.5. The van der Waals surface area contributed by atoms with Gasteiger partial charge in [-0.25, -0.2) is 0 Å². The average Bonchev–Trinajstić information content (AvgIpc) is 3.05. The maximum atomic E-state index is 12.0. The van der Waals surface area contributed by atoms with Gasteiger partial charge >= 0.3 is 0 Å². The Kier molecular flexibility index (Phi) is 4.33. The van der Waals surface area contributed by atoms with Crippen molar-refractivity contribution < 1.29 is 19.7 Å². The summed E-state index contributed by atoms with van der Waals surface area (Å²) in [5.74, 6) is 0.887. The number of phenolic OH excluding ortho intramolecular Hbond substituents is 1. The van der Waals surface area contributed by atoms with Gasteiger partial charge < -0.3 is 25.0 Å². The first-order valence-electron chi connectivity index (χ1n) is 11.6. The van der Waals surface area contributed by atoms with E-state index < -0.39 is 11.2 Å². The van der Waals surface area contributed by atoms with Crippen LogP contribution in [0.2, 0.25) is 0 Å². The van der Waals surface area contributed by atoms with Crippen LogP contribution in [-0.2, 0) is 16.6 Å². The third-order valence-corrected chi connectivity index (χ3v) is 10.4. The van der Waals surface area contributed by atoms with Crippen LogP contribution < -0.4 is 10.1 Å². The van der Waals surface area contributed by atoms with Crippen molar-refractivity contribution >= 4 is 13.5 Å². The summed E-state index contributed by atoms with van der Waals surface area (Å²) in [6.45, 7) is 9.33. The zero-order valence-corrected chi connectivity index (χ0v) is 20.3. The standard InChI is InChI=1S/C25H35NO4.H2S/c1-21(2,3)22(4,28)16-13-23-8-9-25(16,29-5)20-24(23)10-11-26-17(23)12-14-6-7-15(27)19(30-20)18(14)24;/h6-7,16-17,20,26-28H,8-13H2,1-5H3;1H2/t16-,17?,20?,22-,23-,24?,25-;/m1./s1. The van der Waals surface area contributed by atoms with Crippen LogP contribution in [0.1, 0.15) is 64.5 Å². The number of hydrogen-bond donors (Lipinski definition) is 3. The minimum atomic E-state index is -0.910. The second-order valence-corrected chi connectivity index (χ2v) is 11.8. The summed E-state index contributed by atoms with van der Waals surface area (Å²) in [4.78, 5) is 0. The van der Waals surface area contributed by atoms with Gasteiger partial charge in [-0.1, -0.05) is 26.8 Å². The van der Waals surface area contributed by atoms with Crippen LogP contribution in [0.15, 0.2) is 12.1 Å². The summed E-state index contributed by atoms with van der Waals surface area (Å²) in [6.07, 6.45) is 4.66. The molecule has 4 fully saturated rings. The summed E-state index contributed by atoms with van der Waals surface area (Å²) in [5.41, 5.74) is 0.658. The fraction of sp³-hybridized carbons (Fsp3) is 0.760. The van der Waals surface area contributed by atoms with Gasteiger partial charge in [0, 0.05) is 35.5 Å². The van der Waals surface area contributed by atoms with E-state index >= 15 is 0 Å². The lowest BCUT2D eigenvalue weighted by Crippen LogP contribution is -2.83.